The number of aryl methyl sites for hydroxylation is 2. The van der Waals surface area contributed by atoms with Gasteiger partial charge in [0.05, 0.1) is 0 Å². The predicted molar refractivity (Wildman–Crippen MR) is 101 cm³/mol. The fourth-order valence-corrected chi connectivity index (χ4v) is 2.60. The van der Waals surface area contributed by atoms with Crippen molar-refractivity contribution in [3.05, 3.63) is 89.0 Å². The van der Waals surface area contributed by atoms with Crippen LogP contribution >= 0.6 is 0 Å². The van der Waals surface area contributed by atoms with E-state index in [2.05, 4.69) is 88.4 Å². The number of benzene rings is 2. The third-order valence-electron chi connectivity index (χ3n) is 3.93. The van der Waals surface area contributed by atoms with Crippen molar-refractivity contribution < 1.29 is 24.2 Å². The van der Waals surface area contributed by atoms with Crippen molar-refractivity contribution >= 4 is 3.21 Å². The van der Waals surface area contributed by atoms with Crippen molar-refractivity contribution in [2.75, 3.05) is 0 Å². The molecule has 1 aliphatic rings. The Bertz CT molecular complexity index is 744. The summed E-state index contributed by atoms with van der Waals surface area (Å²) in [5, 5.41) is 0. The van der Waals surface area contributed by atoms with Gasteiger partial charge in [-0.3, -0.25) is 0 Å². The molecule has 0 N–H and O–H groups in total. The standard InChI is InChI=1S/C13H9.C7H9.C3H6.Zr/c1-3-7-12-10(5-1)9-11-6-2-4-8-13(11)12;1-6-4-3-5-7(6)2;1-3-2;/h1-5,7-8H,9H2;3-5H,1-2H3;1-2H3;/q2*-1;;+2. The summed E-state index contributed by atoms with van der Waals surface area (Å²) >= 11 is 1.55. The predicted octanol–water partition coefficient (Wildman–Crippen LogP) is 5.83. The zero-order valence-electron chi connectivity index (χ0n) is 15.0. The summed E-state index contributed by atoms with van der Waals surface area (Å²) in [5.41, 5.74) is 8.29. The average Bonchev–Trinajstić information content (AvgIpc) is 3.11. The first kappa shape index (κ1) is 18.9. The van der Waals surface area contributed by atoms with Gasteiger partial charge in [0.1, 0.15) is 0 Å². The molecule has 3 aromatic carbocycles. The number of fused-ring (bicyclic) bond motifs is 3. The fourth-order valence-electron chi connectivity index (χ4n) is 2.60. The summed E-state index contributed by atoms with van der Waals surface area (Å²) in [4.78, 5) is 0. The summed E-state index contributed by atoms with van der Waals surface area (Å²) in [6, 6.07) is 24.4. The molecule has 0 atom stereocenters. The molecule has 0 radical (unpaired) electrons. The van der Waals surface area contributed by atoms with Gasteiger partial charge in [0.2, 0.25) is 0 Å². The van der Waals surface area contributed by atoms with Crippen molar-refractivity contribution in [3.8, 4) is 11.1 Å². The minimum Gasteiger partial charge on any atom is -0.199 e. The van der Waals surface area contributed by atoms with E-state index in [0.29, 0.717) is 0 Å². The summed E-state index contributed by atoms with van der Waals surface area (Å²) in [6.45, 7) is 8.49. The van der Waals surface area contributed by atoms with E-state index in [0.717, 1.165) is 6.42 Å². The van der Waals surface area contributed by atoms with Crippen molar-refractivity contribution in [3.63, 3.8) is 0 Å². The molecule has 24 heavy (non-hydrogen) atoms. The molecular formula is C23H24Zr. The molecule has 0 amide bonds. The van der Waals surface area contributed by atoms with Crippen LogP contribution in [0.1, 0.15) is 36.1 Å². The second kappa shape index (κ2) is 9.14. The molecule has 0 saturated heterocycles. The molecule has 0 spiro atoms. The Balaban J connectivity index is 0.000000160. The van der Waals surface area contributed by atoms with E-state index in [1.165, 1.54) is 36.6 Å². The summed E-state index contributed by atoms with van der Waals surface area (Å²) in [7, 11) is 0. The first-order valence-corrected chi connectivity index (χ1v) is 9.50. The molecule has 0 saturated carbocycles. The van der Waals surface area contributed by atoms with Crippen molar-refractivity contribution in [2.24, 2.45) is 0 Å². The molecular weight excluding hydrogens is 367 g/mol. The molecule has 3 aromatic rings. The molecule has 1 heteroatoms. The van der Waals surface area contributed by atoms with Gasteiger partial charge in [-0.05, 0) is 6.42 Å². The maximum absolute atomic E-state index is 3.30. The van der Waals surface area contributed by atoms with Crippen LogP contribution in [0.2, 0.25) is 0 Å². The van der Waals surface area contributed by atoms with E-state index >= 15 is 0 Å². The van der Waals surface area contributed by atoms with Gasteiger partial charge in [0.15, 0.2) is 0 Å². The number of hydrogen-bond acceptors (Lipinski definition) is 0. The maximum atomic E-state index is 3.30. The van der Waals surface area contributed by atoms with Gasteiger partial charge < -0.3 is 0 Å². The van der Waals surface area contributed by atoms with Crippen molar-refractivity contribution in [1.82, 2.24) is 0 Å². The van der Waals surface area contributed by atoms with Gasteiger partial charge in [-0.15, -0.1) is 5.56 Å². The Morgan fingerprint density at radius 3 is 2.12 bits per heavy atom. The minimum absolute atomic E-state index is 1.05. The van der Waals surface area contributed by atoms with Crippen molar-refractivity contribution in [1.29, 1.82) is 0 Å². The van der Waals surface area contributed by atoms with Crippen LogP contribution in [0.5, 0.6) is 0 Å². The Kier molecular flexibility index (Phi) is 7.19. The van der Waals surface area contributed by atoms with Gasteiger partial charge in [0.25, 0.3) is 0 Å². The minimum atomic E-state index is 1.05. The Labute approximate surface area is 161 Å². The van der Waals surface area contributed by atoms with Gasteiger partial charge in [-0.25, -0.2) is 0 Å². The third-order valence-corrected chi connectivity index (χ3v) is 3.93. The molecule has 0 heterocycles. The van der Waals surface area contributed by atoms with Crippen LogP contribution in [-0.2, 0) is 30.7 Å². The maximum Gasteiger partial charge on any atom is -0.0253 e. The SMILES string of the molecule is C[C](C)=[Zr+2].Cc1c[cH-]cc1C.[c-]1cccc2c1Cc1ccccc1-2. The molecule has 0 bridgehead atoms. The topological polar surface area (TPSA) is 0 Å². The van der Waals surface area contributed by atoms with Crippen molar-refractivity contribution in [2.45, 2.75) is 34.1 Å². The molecule has 0 unspecified atom stereocenters. The van der Waals surface area contributed by atoms with Crippen LogP contribution in [0.15, 0.2) is 60.7 Å². The monoisotopic (exact) mass is 390 g/mol. The zero-order valence-corrected chi connectivity index (χ0v) is 17.4. The van der Waals surface area contributed by atoms with E-state index < -0.39 is 0 Å². The first-order valence-electron chi connectivity index (χ1n) is 8.27. The molecule has 0 aromatic heterocycles. The first-order chi connectivity index (χ1) is 11.5. The number of hydrogen-bond donors (Lipinski definition) is 0. The fraction of sp³-hybridized carbons (Fsp3) is 0.217. The molecule has 120 valence electrons. The van der Waals surface area contributed by atoms with Gasteiger partial charge >= 0.3 is 41.3 Å². The molecule has 0 fully saturated rings. The quantitative estimate of drug-likeness (QED) is 0.331. The zero-order chi connectivity index (χ0) is 17.5. The largest absolute Gasteiger partial charge is 0.199 e. The van der Waals surface area contributed by atoms with Gasteiger partial charge in [-0.1, -0.05) is 49.2 Å². The normalized spacial score (nSPS) is 10.6. The molecule has 1 aliphatic carbocycles. The number of rotatable bonds is 0. The third kappa shape index (κ3) is 5.28. The second-order valence-electron chi connectivity index (χ2n) is 6.29. The van der Waals surface area contributed by atoms with Crippen LogP contribution in [0.4, 0.5) is 0 Å². The Hall–Kier alpha value is -1.46. The van der Waals surface area contributed by atoms with Crippen LogP contribution in [0.25, 0.3) is 11.1 Å². The molecule has 4 rings (SSSR count). The van der Waals surface area contributed by atoms with Gasteiger partial charge in [-0.2, -0.15) is 59.2 Å². The Morgan fingerprint density at radius 1 is 0.958 bits per heavy atom. The second-order valence-corrected chi connectivity index (χ2v) is 8.75. The average molecular weight is 392 g/mol. The van der Waals surface area contributed by atoms with Crippen LogP contribution < -0.4 is 0 Å². The van der Waals surface area contributed by atoms with Crippen LogP contribution in [0, 0.1) is 19.9 Å². The smallest absolute Gasteiger partial charge is 0.0253 e. The molecule has 0 aliphatic heterocycles. The molecule has 0 nitrogen and oxygen atoms in total. The van der Waals surface area contributed by atoms with Crippen LogP contribution in [-0.4, -0.2) is 3.21 Å². The van der Waals surface area contributed by atoms with E-state index in [1.807, 2.05) is 6.07 Å². The van der Waals surface area contributed by atoms with E-state index in [-0.39, 0.29) is 0 Å². The van der Waals surface area contributed by atoms with Crippen LogP contribution in [0.3, 0.4) is 0 Å². The summed E-state index contributed by atoms with van der Waals surface area (Å²) < 4.78 is 1.51. The van der Waals surface area contributed by atoms with E-state index in [4.69, 9.17) is 0 Å². The Morgan fingerprint density at radius 2 is 1.54 bits per heavy atom. The van der Waals surface area contributed by atoms with E-state index in [9.17, 15) is 0 Å². The summed E-state index contributed by atoms with van der Waals surface area (Å²) in [6.07, 6.45) is 1.05. The summed E-state index contributed by atoms with van der Waals surface area (Å²) in [5.74, 6) is 0. The van der Waals surface area contributed by atoms with Gasteiger partial charge in [0, 0.05) is 0 Å². The van der Waals surface area contributed by atoms with E-state index in [1.54, 1.807) is 24.2 Å².